The number of nitrogens with one attached hydrogen (secondary N) is 1. The Morgan fingerprint density at radius 1 is 1.21 bits per heavy atom. The zero-order valence-corrected chi connectivity index (χ0v) is 15.2. The smallest absolute Gasteiger partial charge is 0.221 e. The number of benzene rings is 1. The standard InChI is InChI=1S/C20H33N3O/c1-23(2)19(13-8-16-6-4-3-5-7-16)17-9-11-18(12-10-17)22-20(24)14-15-21/h3-7,17-19H,8-15,21H2,1-2H3,(H,22,24). The van der Waals surface area contributed by atoms with Gasteiger partial charge in [0.15, 0.2) is 0 Å². The highest BCUT2D eigenvalue weighted by atomic mass is 16.1. The van der Waals surface area contributed by atoms with Gasteiger partial charge in [0, 0.05) is 25.0 Å². The van der Waals surface area contributed by atoms with Crippen molar-refractivity contribution >= 4 is 5.91 Å². The highest BCUT2D eigenvalue weighted by molar-refractivity contribution is 5.76. The number of aryl methyl sites for hydroxylation is 1. The molecule has 0 bridgehead atoms. The van der Waals surface area contributed by atoms with Crippen LogP contribution >= 0.6 is 0 Å². The lowest BCUT2D eigenvalue weighted by Crippen LogP contribution is -2.43. The van der Waals surface area contributed by atoms with E-state index in [0.717, 1.165) is 25.2 Å². The molecular weight excluding hydrogens is 298 g/mol. The van der Waals surface area contributed by atoms with Crippen molar-refractivity contribution in [2.75, 3.05) is 20.6 Å². The average molecular weight is 332 g/mol. The summed E-state index contributed by atoms with van der Waals surface area (Å²) in [5, 5.41) is 3.13. The first-order chi connectivity index (χ1) is 11.6. The van der Waals surface area contributed by atoms with Crippen molar-refractivity contribution in [2.24, 2.45) is 11.7 Å². The molecule has 1 amide bonds. The topological polar surface area (TPSA) is 58.4 Å². The number of hydrogen-bond donors (Lipinski definition) is 2. The van der Waals surface area contributed by atoms with Crippen LogP contribution in [0, 0.1) is 5.92 Å². The van der Waals surface area contributed by atoms with Gasteiger partial charge in [-0.15, -0.1) is 0 Å². The molecule has 0 aliphatic heterocycles. The molecule has 1 unspecified atom stereocenters. The first-order valence-corrected chi connectivity index (χ1v) is 9.30. The van der Waals surface area contributed by atoms with Crippen LogP contribution in [-0.4, -0.2) is 43.5 Å². The molecule has 4 nitrogen and oxygen atoms in total. The van der Waals surface area contributed by atoms with Crippen molar-refractivity contribution in [3.8, 4) is 0 Å². The van der Waals surface area contributed by atoms with Gasteiger partial charge in [0.05, 0.1) is 0 Å². The van der Waals surface area contributed by atoms with Crippen molar-refractivity contribution in [3.05, 3.63) is 35.9 Å². The van der Waals surface area contributed by atoms with E-state index in [4.69, 9.17) is 5.73 Å². The largest absolute Gasteiger partial charge is 0.353 e. The summed E-state index contributed by atoms with van der Waals surface area (Å²) in [6.07, 6.45) is 7.36. The van der Waals surface area contributed by atoms with Gasteiger partial charge in [0.25, 0.3) is 0 Å². The van der Waals surface area contributed by atoms with Crippen molar-refractivity contribution in [1.82, 2.24) is 10.2 Å². The van der Waals surface area contributed by atoms with E-state index < -0.39 is 0 Å². The van der Waals surface area contributed by atoms with Crippen LogP contribution in [0.3, 0.4) is 0 Å². The highest BCUT2D eigenvalue weighted by Gasteiger charge is 2.29. The van der Waals surface area contributed by atoms with E-state index in [2.05, 4.69) is 54.6 Å². The summed E-state index contributed by atoms with van der Waals surface area (Å²) in [7, 11) is 4.40. The minimum absolute atomic E-state index is 0.106. The zero-order chi connectivity index (χ0) is 17.4. The van der Waals surface area contributed by atoms with Gasteiger partial charge in [-0.2, -0.15) is 0 Å². The van der Waals surface area contributed by atoms with Gasteiger partial charge >= 0.3 is 0 Å². The number of nitrogens with two attached hydrogens (primary N) is 1. The van der Waals surface area contributed by atoms with Crippen LogP contribution in [0.2, 0.25) is 0 Å². The molecule has 134 valence electrons. The Hall–Kier alpha value is -1.39. The van der Waals surface area contributed by atoms with Crippen LogP contribution in [0.4, 0.5) is 0 Å². The van der Waals surface area contributed by atoms with Gasteiger partial charge in [-0.25, -0.2) is 0 Å². The molecular formula is C20H33N3O. The third-order valence-corrected chi connectivity index (χ3v) is 5.29. The van der Waals surface area contributed by atoms with E-state index in [9.17, 15) is 4.79 Å². The molecule has 1 atom stereocenters. The van der Waals surface area contributed by atoms with Crippen LogP contribution in [0.15, 0.2) is 30.3 Å². The summed E-state index contributed by atoms with van der Waals surface area (Å²) in [4.78, 5) is 14.1. The van der Waals surface area contributed by atoms with Crippen LogP contribution < -0.4 is 11.1 Å². The quantitative estimate of drug-likeness (QED) is 0.770. The van der Waals surface area contributed by atoms with Crippen molar-refractivity contribution in [2.45, 2.75) is 57.0 Å². The van der Waals surface area contributed by atoms with Crippen LogP contribution in [0.5, 0.6) is 0 Å². The number of hydrogen-bond acceptors (Lipinski definition) is 3. The Balaban J connectivity index is 1.81. The second-order valence-corrected chi connectivity index (χ2v) is 7.27. The number of rotatable bonds is 8. The second kappa shape index (κ2) is 9.80. The fourth-order valence-electron chi connectivity index (χ4n) is 3.95. The fraction of sp³-hybridized carbons (Fsp3) is 0.650. The maximum atomic E-state index is 11.7. The fourth-order valence-corrected chi connectivity index (χ4v) is 3.95. The molecule has 0 radical (unpaired) electrons. The van der Waals surface area contributed by atoms with Crippen molar-refractivity contribution < 1.29 is 4.79 Å². The first-order valence-electron chi connectivity index (χ1n) is 9.30. The SMILES string of the molecule is CN(C)C(CCc1ccccc1)C1CCC(NC(=O)CCN)CC1. The highest BCUT2D eigenvalue weighted by Crippen LogP contribution is 2.31. The van der Waals surface area contributed by atoms with Crippen molar-refractivity contribution in [3.63, 3.8) is 0 Å². The summed E-state index contributed by atoms with van der Waals surface area (Å²) in [6, 6.07) is 11.7. The molecule has 0 aromatic heterocycles. The van der Waals surface area contributed by atoms with Gasteiger partial charge in [-0.05, 0) is 64.1 Å². The molecule has 1 aliphatic rings. The molecule has 1 fully saturated rings. The molecule has 1 saturated carbocycles. The Bertz CT molecular complexity index is 481. The first kappa shape index (κ1) is 18.9. The Labute approximate surface area is 146 Å². The Morgan fingerprint density at radius 2 is 1.88 bits per heavy atom. The summed E-state index contributed by atoms with van der Waals surface area (Å²) in [5.74, 6) is 0.834. The normalized spacial score (nSPS) is 22.3. The molecule has 1 aromatic carbocycles. The maximum absolute atomic E-state index is 11.7. The van der Waals surface area contributed by atoms with Crippen molar-refractivity contribution in [1.29, 1.82) is 0 Å². The Kier molecular flexibility index (Phi) is 7.73. The van der Waals surface area contributed by atoms with E-state index in [0.29, 0.717) is 25.0 Å². The maximum Gasteiger partial charge on any atom is 0.221 e. The lowest BCUT2D eigenvalue weighted by molar-refractivity contribution is -0.121. The molecule has 24 heavy (non-hydrogen) atoms. The molecule has 3 N–H and O–H groups in total. The second-order valence-electron chi connectivity index (χ2n) is 7.27. The number of nitrogens with zero attached hydrogens (tertiary/aromatic N) is 1. The monoisotopic (exact) mass is 331 g/mol. The van der Waals surface area contributed by atoms with Crippen LogP contribution in [0.1, 0.15) is 44.1 Å². The van der Waals surface area contributed by atoms with Gasteiger partial charge in [0.2, 0.25) is 5.91 Å². The summed E-state index contributed by atoms with van der Waals surface area (Å²) < 4.78 is 0. The average Bonchev–Trinajstić information content (AvgIpc) is 2.57. The zero-order valence-electron chi connectivity index (χ0n) is 15.2. The van der Waals surface area contributed by atoms with E-state index in [1.54, 1.807) is 0 Å². The third kappa shape index (κ3) is 5.91. The molecule has 2 rings (SSSR count). The molecule has 1 aliphatic carbocycles. The number of carbonyl (C=O) groups is 1. The summed E-state index contributed by atoms with van der Waals surface area (Å²) in [5.41, 5.74) is 6.87. The van der Waals surface area contributed by atoms with E-state index in [1.165, 1.54) is 24.8 Å². The molecule has 4 heteroatoms. The van der Waals surface area contributed by atoms with E-state index >= 15 is 0 Å². The minimum atomic E-state index is 0.106. The summed E-state index contributed by atoms with van der Waals surface area (Å²) >= 11 is 0. The number of carbonyl (C=O) groups excluding carboxylic acids is 1. The van der Waals surface area contributed by atoms with Gasteiger partial charge in [-0.3, -0.25) is 4.79 Å². The lowest BCUT2D eigenvalue weighted by Gasteiger charge is -2.37. The van der Waals surface area contributed by atoms with Gasteiger partial charge in [0.1, 0.15) is 0 Å². The third-order valence-electron chi connectivity index (χ3n) is 5.29. The molecule has 1 aromatic rings. The summed E-state index contributed by atoms with van der Waals surface area (Å²) in [6.45, 7) is 0.434. The lowest BCUT2D eigenvalue weighted by atomic mass is 9.79. The predicted molar refractivity (Wildman–Crippen MR) is 99.8 cm³/mol. The molecule has 0 saturated heterocycles. The predicted octanol–water partition coefficient (Wildman–Crippen LogP) is 2.57. The van der Waals surface area contributed by atoms with Crippen LogP contribution in [-0.2, 0) is 11.2 Å². The number of amides is 1. The molecule has 0 heterocycles. The van der Waals surface area contributed by atoms with E-state index in [1.807, 2.05) is 0 Å². The minimum Gasteiger partial charge on any atom is -0.353 e. The Morgan fingerprint density at radius 3 is 2.46 bits per heavy atom. The van der Waals surface area contributed by atoms with Gasteiger partial charge in [-0.1, -0.05) is 30.3 Å². The van der Waals surface area contributed by atoms with E-state index in [-0.39, 0.29) is 5.91 Å². The molecule has 0 spiro atoms. The van der Waals surface area contributed by atoms with Gasteiger partial charge < -0.3 is 16.0 Å². The van der Waals surface area contributed by atoms with Crippen LogP contribution in [0.25, 0.3) is 0 Å².